The van der Waals surface area contributed by atoms with Crippen LogP contribution in [0.3, 0.4) is 0 Å². The third-order valence-electron chi connectivity index (χ3n) is 1.16. The number of nitrogens with zero attached hydrogens (tertiary/aromatic N) is 1. The van der Waals surface area contributed by atoms with Gasteiger partial charge in [0.2, 0.25) is 5.88 Å². The van der Waals surface area contributed by atoms with Crippen LogP contribution in [0, 0.1) is 0 Å². The number of carbonyl (C=O) groups excluding carboxylic acids is 1. The van der Waals surface area contributed by atoms with Gasteiger partial charge in [0.1, 0.15) is 0 Å². The van der Waals surface area contributed by atoms with Crippen LogP contribution in [0.15, 0.2) is 18.3 Å². The maximum atomic E-state index is 10.3. The first kappa shape index (κ1) is 8.99. The van der Waals surface area contributed by atoms with E-state index < -0.39 is 6.09 Å². The van der Waals surface area contributed by atoms with E-state index in [1.54, 1.807) is 12.3 Å². The van der Waals surface area contributed by atoms with Crippen molar-refractivity contribution in [3.8, 4) is 5.88 Å². The number of nitrogens with two attached hydrogens (primary N) is 1. The molecule has 0 radical (unpaired) electrons. The van der Waals surface area contributed by atoms with Crippen molar-refractivity contribution in [1.82, 2.24) is 4.98 Å². The van der Waals surface area contributed by atoms with Gasteiger partial charge < -0.3 is 10.5 Å². The van der Waals surface area contributed by atoms with E-state index in [4.69, 9.17) is 5.73 Å². The summed E-state index contributed by atoms with van der Waals surface area (Å²) in [6.07, 6.45) is 0.698. The van der Waals surface area contributed by atoms with Crippen LogP contribution in [-0.2, 0) is 5.33 Å². The minimum atomic E-state index is -0.853. The molecule has 0 bridgehead atoms. The van der Waals surface area contributed by atoms with Crippen molar-refractivity contribution in [1.29, 1.82) is 0 Å². The summed E-state index contributed by atoms with van der Waals surface area (Å²) in [5.74, 6) is 0.222. The van der Waals surface area contributed by atoms with Crippen LogP contribution in [0.5, 0.6) is 5.88 Å². The van der Waals surface area contributed by atoms with Crippen LogP contribution in [0.2, 0.25) is 0 Å². The molecule has 4 nitrogen and oxygen atoms in total. The van der Waals surface area contributed by atoms with E-state index in [9.17, 15) is 4.79 Å². The number of alkyl halides is 1. The molecule has 1 heterocycles. The molecule has 12 heavy (non-hydrogen) atoms. The maximum Gasteiger partial charge on any atom is 0.411 e. The highest BCUT2D eigenvalue weighted by Gasteiger charge is 2.00. The largest absolute Gasteiger partial charge is 0.411 e. The molecule has 1 amide bonds. The first-order valence-electron chi connectivity index (χ1n) is 3.20. The first-order chi connectivity index (χ1) is 5.72. The number of primary amides is 1. The lowest BCUT2D eigenvalue weighted by molar-refractivity contribution is 0.209. The van der Waals surface area contributed by atoms with E-state index in [-0.39, 0.29) is 5.88 Å². The molecule has 0 saturated carbocycles. The molecule has 1 rings (SSSR count). The molecular formula is C7H7BrN2O2. The van der Waals surface area contributed by atoms with Gasteiger partial charge in [-0.1, -0.05) is 15.9 Å². The Kier molecular flexibility index (Phi) is 3.04. The molecular weight excluding hydrogens is 224 g/mol. The second-order valence-electron chi connectivity index (χ2n) is 2.06. The van der Waals surface area contributed by atoms with E-state index >= 15 is 0 Å². The summed E-state index contributed by atoms with van der Waals surface area (Å²) in [6.45, 7) is 0. The minimum absolute atomic E-state index is 0.222. The topological polar surface area (TPSA) is 65.2 Å². The van der Waals surface area contributed by atoms with Crippen LogP contribution in [-0.4, -0.2) is 11.1 Å². The molecule has 0 unspecified atom stereocenters. The first-order valence-corrected chi connectivity index (χ1v) is 4.32. The molecule has 0 aromatic carbocycles. The second-order valence-corrected chi connectivity index (χ2v) is 2.62. The Morgan fingerprint density at radius 2 is 2.50 bits per heavy atom. The van der Waals surface area contributed by atoms with Crippen molar-refractivity contribution in [3.05, 3.63) is 23.9 Å². The van der Waals surface area contributed by atoms with E-state index in [0.29, 0.717) is 5.33 Å². The van der Waals surface area contributed by atoms with Gasteiger partial charge in [0.05, 0.1) is 0 Å². The number of ether oxygens (including phenoxy) is 1. The highest BCUT2D eigenvalue weighted by Crippen LogP contribution is 2.11. The van der Waals surface area contributed by atoms with Gasteiger partial charge >= 0.3 is 6.09 Å². The summed E-state index contributed by atoms with van der Waals surface area (Å²) in [4.78, 5) is 14.1. The van der Waals surface area contributed by atoms with Crippen LogP contribution >= 0.6 is 15.9 Å². The molecule has 0 fully saturated rings. The minimum Gasteiger partial charge on any atom is -0.391 e. The van der Waals surface area contributed by atoms with Gasteiger partial charge in [0.25, 0.3) is 0 Å². The molecule has 0 spiro atoms. The standard InChI is InChI=1S/C7H7BrN2O2/c8-4-5-1-2-10-6(3-5)12-7(9)11/h1-3H,4H2,(H2,9,11). The fourth-order valence-corrected chi connectivity index (χ4v) is 1.04. The van der Waals surface area contributed by atoms with Crippen molar-refractivity contribution in [2.24, 2.45) is 5.73 Å². The lowest BCUT2D eigenvalue weighted by atomic mass is 10.3. The summed E-state index contributed by atoms with van der Waals surface area (Å²) in [6, 6.07) is 3.45. The number of hydrogen-bond donors (Lipinski definition) is 1. The Morgan fingerprint density at radius 1 is 1.75 bits per heavy atom. The fourth-order valence-electron chi connectivity index (χ4n) is 0.692. The highest BCUT2D eigenvalue weighted by molar-refractivity contribution is 9.08. The average molecular weight is 231 g/mol. The SMILES string of the molecule is NC(=O)Oc1cc(CBr)ccn1. The third-order valence-corrected chi connectivity index (χ3v) is 1.81. The lowest BCUT2D eigenvalue weighted by Gasteiger charge is -1.99. The molecule has 64 valence electrons. The van der Waals surface area contributed by atoms with E-state index in [2.05, 4.69) is 25.7 Å². The van der Waals surface area contributed by atoms with Crippen molar-refractivity contribution in [2.45, 2.75) is 5.33 Å². The molecule has 0 aliphatic carbocycles. The smallest absolute Gasteiger partial charge is 0.391 e. The molecule has 1 aromatic heterocycles. The Labute approximate surface area is 77.9 Å². The van der Waals surface area contributed by atoms with Crippen molar-refractivity contribution in [3.63, 3.8) is 0 Å². The maximum absolute atomic E-state index is 10.3. The van der Waals surface area contributed by atoms with Crippen LogP contribution in [0.4, 0.5) is 4.79 Å². The summed E-state index contributed by atoms with van der Waals surface area (Å²) < 4.78 is 4.56. The Hall–Kier alpha value is -1.10. The van der Waals surface area contributed by atoms with E-state index in [1.165, 1.54) is 0 Å². The number of amides is 1. The van der Waals surface area contributed by atoms with Gasteiger partial charge in [-0.25, -0.2) is 9.78 Å². The number of pyridine rings is 1. The van der Waals surface area contributed by atoms with Crippen LogP contribution in [0.25, 0.3) is 0 Å². The van der Waals surface area contributed by atoms with Crippen molar-refractivity contribution in [2.75, 3.05) is 0 Å². The Morgan fingerprint density at radius 3 is 3.08 bits per heavy atom. The van der Waals surface area contributed by atoms with Crippen LogP contribution in [0.1, 0.15) is 5.56 Å². The molecule has 2 N–H and O–H groups in total. The quantitative estimate of drug-likeness (QED) is 0.783. The molecule has 1 aromatic rings. The van der Waals surface area contributed by atoms with Crippen molar-refractivity contribution >= 4 is 22.0 Å². The zero-order chi connectivity index (χ0) is 8.97. The van der Waals surface area contributed by atoms with Gasteiger partial charge in [-0.2, -0.15) is 0 Å². The summed E-state index contributed by atoms with van der Waals surface area (Å²) in [5.41, 5.74) is 5.78. The fraction of sp³-hybridized carbons (Fsp3) is 0.143. The average Bonchev–Trinajstić information content (AvgIpc) is 2.03. The van der Waals surface area contributed by atoms with Gasteiger partial charge in [-0.15, -0.1) is 0 Å². The number of rotatable bonds is 2. The van der Waals surface area contributed by atoms with Gasteiger partial charge in [-0.05, 0) is 11.6 Å². The third kappa shape index (κ3) is 2.50. The Bertz CT molecular complexity index is 290. The normalized spacial score (nSPS) is 9.42. The van der Waals surface area contributed by atoms with E-state index in [1.807, 2.05) is 6.07 Å². The van der Waals surface area contributed by atoms with Gasteiger partial charge in [-0.3, -0.25) is 0 Å². The molecule has 0 atom stereocenters. The molecule has 5 heteroatoms. The predicted octanol–water partition coefficient (Wildman–Crippen LogP) is 1.43. The van der Waals surface area contributed by atoms with Gasteiger partial charge in [0.15, 0.2) is 0 Å². The number of carbonyl (C=O) groups is 1. The van der Waals surface area contributed by atoms with Gasteiger partial charge in [0, 0.05) is 17.6 Å². The molecule has 0 saturated heterocycles. The predicted molar refractivity (Wildman–Crippen MR) is 47.1 cm³/mol. The molecule has 0 aliphatic rings. The number of hydrogen-bond acceptors (Lipinski definition) is 3. The highest BCUT2D eigenvalue weighted by atomic mass is 79.9. The Balaban J connectivity index is 2.79. The zero-order valence-electron chi connectivity index (χ0n) is 6.16. The summed E-state index contributed by atoms with van der Waals surface area (Å²) in [5, 5.41) is 0.685. The van der Waals surface area contributed by atoms with E-state index in [0.717, 1.165) is 5.56 Å². The van der Waals surface area contributed by atoms with Crippen LogP contribution < -0.4 is 10.5 Å². The number of aromatic nitrogens is 1. The monoisotopic (exact) mass is 230 g/mol. The number of halogens is 1. The van der Waals surface area contributed by atoms with Crippen molar-refractivity contribution < 1.29 is 9.53 Å². The molecule has 0 aliphatic heterocycles. The zero-order valence-corrected chi connectivity index (χ0v) is 7.74. The lowest BCUT2D eigenvalue weighted by Crippen LogP contribution is -2.16. The summed E-state index contributed by atoms with van der Waals surface area (Å²) in [7, 11) is 0. The second kappa shape index (κ2) is 4.06. The summed E-state index contributed by atoms with van der Waals surface area (Å²) >= 11 is 3.26.